The van der Waals surface area contributed by atoms with Crippen molar-refractivity contribution in [2.75, 3.05) is 23.5 Å². The van der Waals surface area contributed by atoms with Gasteiger partial charge in [0.15, 0.2) is 5.13 Å². The van der Waals surface area contributed by atoms with Crippen LogP contribution in [0, 0.1) is 5.41 Å². The van der Waals surface area contributed by atoms with Crippen LogP contribution < -0.4 is 14.5 Å². The van der Waals surface area contributed by atoms with Crippen LogP contribution in [-0.4, -0.2) is 30.6 Å². The maximum absolute atomic E-state index is 13.1. The number of carbonyl (C=O) groups excluding carboxylic acids is 1. The fourth-order valence-electron chi connectivity index (χ4n) is 3.05. The van der Waals surface area contributed by atoms with Crippen molar-refractivity contribution in [3.8, 4) is 5.75 Å². The van der Waals surface area contributed by atoms with Crippen LogP contribution in [0.1, 0.15) is 46.2 Å². The summed E-state index contributed by atoms with van der Waals surface area (Å²) in [4.78, 5) is 22.1. The van der Waals surface area contributed by atoms with Crippen LogP contribution in [0.5, 0.6) is 5.75 Å². The predicted molar refractivity (Wildman–Crippen MR) is 112 cm³/mol. The van der Waals surface area contributed by atoms with Crippen molar-refractivity contribution in [1.82, 2.24) is 4.98 Å². The number of hydrogen-bond donors (Lipinski definition) is 0. The van der Waals surface area contributed by atoms with Gasteiger partial charge in [0.2, 0.25) is 5.91 Å². The number of methoxy groups -OCH3 is 1. The molecule has 0 radical (unpaired) electrons. The first-order chi connectivity index (χ1) is 12.8. The van der Waals surface area contributed by atoms with E-state index in [4.69, 9.17) is 9.72 Å². The Morgan fingerprint density at radius 3 is 2.44 bits per heavy atom. The lowest BCUT2D eigenvalue weighted by Gasteiger charge is -2.29. The molecule has 0 atom stereocenters. The third-order valence-corrected chi connectivity index (χ3v) is 5.63. The molecule has 6 heteroatoms. The molecule has 2 aromatic rings. The van der Waals surface area contributed by atoms with E-state index in [-0.39, 0.29) is 5.91 Å². The van der Waals surface area contributed by atoms with Gasteiger partial charge in [-0.05, 0) is 44.0 Å². The number of carbonyl (C=O) groups is 1. The summed E-state index contributed by atoms with van der Waals surface area (Å²) in [6, 6.07) is 8.27. The normalized spacial score (nSPS) is 14.1. The maximum Gasteiger partial charge on any atom is 0.232 e. The van der Waals surface area contributed by atoms with Gasteiger partial charge in [0.05, 0.1) is 19.3 Å². The average molecular weight is 388 g/mol. The molecule has 146 valence electrons. The number of rotatable bonds is 7. The molecule has 1 heterocycles. The number of aromatic nitrogens is 1. The van der Waals surface area contributed by atoms with Crippen LogP contribution >= 0.6 is 11.3 Å². The maximum atomic E-state index is 13.1. The van der Waals surface area contributed by atoms with Gasteiger partial charge in [-0.1, -0.05) is 20.8 Å². The molecule has 1 aromatic carbocycles. The Hall–Kier alpha value is -2.08. The number of hydrogen-bond acceptors (Lipinski definition) is 5. The van der Waals surface area contributed by atoms with E-state index in [0.29, 0.717) is 12.6 Å². The third-order valence-electron chi connectivity index (χ3n) is 4.70. The Balaban J connectivity index is 1.84. The minimum atomic E-state index is -0.470. The van der Waals surface area contributed by atoms with E-state index in [2.05, 4.69) is 17.2 Å². The van der Waals surface area contributed by atoms with Gasteiger partial charge in [0.25, 0.3) is 0 Å². The third kappa shape index (κ3) is 4.61. The second-order valence-electron chi connectivity index (χ2n) is 7.98. The van der Waals surface area contributed by atoms with Crippen LogP contribution in [-0.2, 0) is 11.3 Å². The number of ether oxygens (including phenoxy) is 1. The van der Waals surface area contributed by atoms with E-state index in [1.54, 1.807) is 18.4 Å². The van der Waals surface area contributed by atoms with Crippen LogP contribution in [0.3, 0.4) is 0 Å². The van der Waals surface area contributed by atoms with Gasteiger partial charge in [-0.2, -0.15) is 0 Å². The molecule has 1 aliphatic carbocycles. The molecule has 1 amide bonds. The van der Waals surface area contributed by atoms with Crippen LogP contribution in [0.25, 0.3) is 0 Å². The standard InChI is InChI=1S/C21H29N3O2S/c1-6-23(16-7-8-16)20-22-15(14-27-20)13-24(19(25)21(2,3)4)17-9-11-18(26-5)12-10-17/h9-12,14,16H,6-8,13H2,1-5H3. The first-order valence-corrected chi connectivity index (χ1v) is 10.4. The Morgan fingerprint density at radius 1 is 1.26 bits per heavy atom. The molecule has 3 rings (SSSR count). The van der Waals surface area contributed by atoms with Crippen molar-refractivity contribution >= 4 is 28.1 Å². The van der Waals surface area contributed by atoms with Gasteiger partial charge >= 0.3 is 0 Å². The van der Waals surface area contributed by atoms with Gasteiger partial charge in [0.1, 0.15) is 5.75 Å². The number of amides is 1. The molecule has 0 N–H and O–H groups in total. The molecule has 1 fully saturated rings. The van der Waals surface area contributed by atoms with Crippen molar-refractivity contribution in [1.29, 1.82) is 0 Å². The highest BCUT2D eigenvalue weighted by Gasteiger charge is 2.31. The molecule has 0 bridgehead atoms. The number of benzene rings is 1. The Bertz CT molecular complexity index is 775. The van der Waals surface area contributed by atoms with E-state index in [1.165, 1.54) is 12.8 Å². The number of nitrogens with zero attached hydrogens (tertiary/aromatic N) is 3. The highest BCUT2D eigenvalue weighted by atomic mass is 32.1. The van der Waals surface area contributed by atoms with Crippen LogP contribution in [0.4, 0.5) is 10.8 Å². The summed E-state index contributed by atoms with van der Waals surface area (Å²) in [5.41, 5.74) is 1.32. The van der Waals surface area contributed by atoms with Crippen molar-refractivity contribution < 1.29 is 9.53 Å². The fourth-order valence-corrected chi connectivity index (χ4v) is 4.00. The lowest BCUT2D eigenvalue weighted by molar-refractivity contribution is -0.125. The summed E-state index contributed by atoms with van der Waals surface area (Å²) in [7, 11) is 1.64. The molecule has 0 saturated heterocycles. The van der Waals surface area contributed by atoms with E-state index >= 15 is 0 Å². The summed E-state index contributed by atoms with van der Waals surface area (Å²) in [5.74, 6) is 0.859. The van der Waals surface area contributed by atoms with E-state index in [0.717, 1.165) is 28.8 Å². The fraction of sp³-hybridized carbons (Fsp3) is 0.524. The molecule has 0 spiro atoms. The van der Waals surface area contributed by atoms with Gasteiger partial charge in [0, 0.05) is 29.1 Å². The second kappa shape index (κ2) is 7.89. The quantitative estimate of drug-likeness (QED) is 0.690. The summed E-state index contributed by atoms with van der Waals surface area (Å²) in [6.07, 6.45) is 2.51. The van der Waals surface area contributed by atoms with Gasteiger partial charge in [-0.25, -0.2) is 4.98 Å². The van der Waals surface area contributed by atoms with Gasteiger partial charge in [-0.15, -0.1) is 11.3 Å². The summed E-state index contributed by atoms with van der Waals surface area (Å²) in [6.45, 7) is 9.47. The van der Waals surface area contributed by atoms with Crippen molar-refractivity contribution in [2.24, 2.45) is 5.41 Å². The van der Waals surface area contributed by atoms with Crippen LogP contribution in [0.2, 0.25) is 0 Å². The van der Waals surface area contributed by atoms with Crippen molar-refractivity contribution in [3.63, 3.8) is 0 Å². The number of thiazole rings is 1. The zero-order chi connectivity index (χ0) is 19.6. The summed E-state index contributed by atoms with van der Waals surface area (Å²) >= 11 is 1.67. The monoisotopic (exact) mass is 387 g/mol. The molecule has 27 heavy (non-hydrogen) atoms. The summed E-state index contributed by atoms with van der Waals surface area (Å²) in [5, 5.41) is 3.14. The van der Waals surface area contributed by atoms with Gasteiger partial charge < -0.3 is 14.5 Å². The van der Waals surface area contributed by atoms with Crippen molar-refractivity contribution in [2.45, 2.75) is 53.1 Å². The minimum absolute atomic E-state index is 0.0803. The smallest absolute Gasteiger partial charge is 0.232 e. The van der Waals surface area contributed by atoms with Crippen LogP contribution in [0.15, 0.2) is 29.6 Å². The second-order valence-corrected chi connectivity index (χ2v) is 8.81. The average Bonchev–Trinajstić information content (AvgIpc) is 3.37. The Morgan fingerprint density at radius 2 is 1.93 bits per heavy atom. The highest BCUT2D eigenvalue weighted by molar-refractivity contribution is 7.13. The molecular weight excluding hydrogens is 358 g/mol. The lowest BCUT2D eigenvalue weighted by atomic mass is 9.94. The Kier molecular flexibility index (Phi) is 5.75. The summed E-state index contributed by atoms with van der Waals surface area (Å²) < 4.78 is 5.25. The number of anilines is 2. The van der Waals surface area contributed by atoms with Gasteiger partial charge in [-0.3, -0.25) is 4.79 Å². The highest BCUT2D eigenvalue weighted by Crippen LogP contribution is 2.34. The lowest BCUT2D eigenvalue weighted by Crippen LogP contribution is -2.39. The molecule has 1 aliphatic rings. The Labute approximate surface area is 166 Å². The van der Waals surface area contributed by atoms with Crippen molar-refractivity contribution in [3.05, 3.63) is 35.3 Å². The molecule has 0 unspecified atom stereocenters. The molecular formula is C21H29N3O2S. The molecule has 1 aromatic heterocycles. The molecule has 0 aliphatic heterocycles. The zero-order valence-corrected chi connectivity index (χ0v) is 17.7. The zero-order valence-electron chi connectivity index (χ0n) is 16.9. The first-order valence-electron chi connectivity index (χ1n) is 9.50. The van der Waals surface area contributed by atoms with E-state index in [1.807, 2.05) is 49.9 Å². The largest absolute Gasteiger partial charge is 0.497 e. The van der Waals surface area contributed by atoms with E-state index in [9.17, 15) is 4.79 Å². The van der Waals surface area contributed by atoms with E-state index < -0.39 is 5.41 Å². The SMILES string of the molecule is CCN(c1nc(CN(C(=O)C(C)(C)C)c2ccc(OC)cc2)cs1)C1CC1. The molecule has 1 saturated carbocycles. The first kappa shape index (κ1) is 19.7. The molecule has 5 nitrogen and oxygen atoms in total. The predicted octanol–water partition coefficient (Wildman–Crippen LogP) is 4.72. The minimum Gasteiger partial charge on any atom is -0.497 e. The topological polar surface area (TPSA) is 45.7 Å².